The molecule has 0 atom stereocenters. The summed E-state index contributed by atoms with van der Waals surface area (Å²) in [6, 6.07) is 14.7. The molecule has 0 spiro atoms. The Morgan fingerprint density at radius 2 is 1.78 bits per heavy atom. The second-order valence-electron chi connectivity index (χ2n) is 5.97. The van der Waals surface area contributed by atoms with Crippen molar-refractivity contribution in [1.29, 1.82) is 0 Å². The normalized spacial score (nSPS) is 15.0. The minimum atomic E-state index is -3.75. The molecule has 2 aromatic carbocycles. The number of sulfonamides is 1. The number of hydrogen-bond donors (Lipinski definition) is 2. The number of nitrogens with one attached hydrogen (secondary N) is 1. The van der Waals surface area contributed by atoms with Crippen molar-refractivity contribution in [3.8, 4) is 11.3 Å². The summed E-state index contributed by atoms with van der Waals surface area (Å²) in [7, 11) is -3.75. The Kier molecular flexibility index (Phi) is 4.15. The topological polar surface area (TPSA) is 102 Å². The second-order valence-corrected chi connectivity index (χ2v) is 7.97. The first-order valence-electron chi connectivity index (χ1n) is 7.87. The number of furan rings is 1. The van der Waals surface area contributed by atoms with E-state index < -0.39 is 10.0 Å². The van der Waals surface area contributed by atoms with Gasteiger partial charge in [0.1, 0.15) is 11.5 Å². The zero-order valence-corrected chi connectivity index (χ0v) is 15.3. The smallest absolute Gasteiger partial charge is 0.256 e. The Morgan fingerprint density at radius 3 is 2.48 bits per heavy atom. The molecule has 1 aromatic heterocycles. The molecule has 3 N–H and O–H groups in total. The van der Waals surface area contributed by atoms with Gasteiger partial charge in [-0.3, -0.25) is 4.79 Å². The summed E-state index contributed by atoms with van der Waals surface area (Å²) in [5.74, 6) is 0.786. The van der Waals surface area contributed by atoms with Crippen LogP contribution in [0.3, 0.4) is 0 Å². The molecule has 6 nitrogen and oxygen atoms in total. The fourth-order valence-corrected chi connectivity index (χ4v) is 3.53. The second kappa shape index (κ2) is 6.38. The quantitative estimate of drug-likeness (QED) is 0.653. The maximum absolute atomic E-state index is 12.2. The average molecular weight is 401 g/mol. The van der Waals surface area contributed by atoms with Gasteiger partial charge < -0.3 is 9.73 Å². The molecule has 1 aliphatic rings. The van der Waals surface area contributed by atoms with Gasteiger partial charge in [-0.2, -0.15) is 0 Å². The van der Waals surface area contributed by atoms with Gasteiger partial charge in [-0.05, 0) is 60.7 Å². The number of primary sulfonamides is 1. The zero-order chi connectivity index (χ0) is 19.2. The third-order valence-electron chi connectivity index (χ3n) is 4.15. The van der Waals surface area contributed by atoms with Crippen molar-refractivity contribution in [2.24, 2.45) is 5.14 Å². The van der Waals surface area contributed by atoms with Crippen molar-refractivity contribution in [3.63, 3.8) is 0 Å². The van der Waals surface area contributed by atoms with Crippen LogP contribution in [0.25, 0.3) is 23.0 Å². The number of nitrogens with two attached hydrogens (primary N) is 1. The first kappa shape index (κ1) is 17.5. The van der Waals surface area contributed by atoms with Crippen LogP contribution in [0, 0.1) is 0 Å². The van der Waals surface area contributed by atoms with Crippen molar-refractivity contribution in [1.82, 2.24) is 0 Å². The summed E-state index contributed by atoms with van der Waals surface area (Å²) in [6.07, 6.45) is 1.64. The van der Waals surface area contributed by atoms with Gasteiger partial charge in [-0.1, -0.05) is 11.6 Å². The molecule has 4 rings (SSSR count). The molecular weight excluding hydrogens is 388 g/mol. The number of carbonyl (C=O) groups excluding carboxylic acids is 1. The van der Waals surface area contributed by atoms with E-state index in [4.69, 9.17) is 21.2 Å². The van der Waals surface area contributed by atoms with Crippen molar-refractivity contribution < 1.29 is 17.6 Å². The fourth-order valence-electron chi connectivity index (χ4n) is 2.84. The molecule has 0 bridgehead atoms. The highest BCUT2D eigenvalue weighted by Crippen LogP contribution is 2.35. The molecule has 136 valence electrons. The van der Waals surface area contributed by atoms with Crippen molar-refractivity contribution in [3.05, 3.63) is 70.9 Å². The van der Waals surface area contributed by atoms with Crippen LogP contribution < -0.4 is 10.5 Å². The predicted molar refractivity (Wildman–Crippen MR) is 103 cm³/mol. The van der Waals surface area contributed by atoms with Gasteiger partial charge in [0.05, 0.1) is 10.5 Å². The van der Waals surface area contributed by atoms with E-state index >= 15 is 0 Å². The largest absolute Gasteiger partial charge is 0.457 e. The lowest BCUT2D eigenvalue weighted by Gasteiger charge is -2.00. The lowest BCUT2D eigenvalue weighted by Crippen LogP contribution is -2.11. The Bertz CT molecular complexity index is 1190. The van der Waals surface area contributed by atoms with Crippen LogP contribution in [0.15, 0.2) is 63.9 Å². The first-order chi connectivity index (χ1) is 12.8. The minimum absolute atomic E-state index is 0.0243. The van der Waals surface area contributed by atoms with Gasteiger partial charge in [0.2, 0.25) is 10.0 Å². The van der Waals surface area contributed by atoms with Gasteiger partial charge in [-0.15, -0.1) is 0 Å². The number of fused-ring (bicyclic) bond motifs is 1. The molecule has 0 aliphatic carbocycles. The molecule has 0 saturated carbocycles. The fraction of sp³-hybridized carbons (Fsp3) is 0. The van der Waals surface area contributed by atoms with Gasteiger partial charge in [0.15, 0.2) is 0 Å². The van der Waals surface area contributed by atoms with E-state index in [0.717, 1.165) is 0 Å². The summed E-state index contributed by atoms with van der Waals surface area (Å²) in [4.78, 5) is 12.2. The van der Waals surface area contributed by atoms with Crippen LogP contribution in [-0.4, -0.2) is 14.3 Å². The van der Waals surface area contributed by atoms with Crippen molar-refractivity contribution >= 4 is 44.9 Å². The maximum atomic E-state index is 12.2. The standard InChI is InChI=1S/C19H13ClN2O4S/c20-12-3-7-17-15(9-12)16(19(23)22-17)10-13-4-8-18(26-13)11-1-5-14(6-2-11)27(21,24)25/h1-10H,(H,22,23)(H2,21,24,25)/b16-10+. The van der Waals surface area contributed by atoms with Gasteiger partial charge in [0.25, 0.3) is 5.91 Å². The van der Waals surface area contributed by atoms with Gasteiger partial charge in [-0.25, -0.2) is 13.6 Å². The van der Waals surface area contributed by atoms with Crippen LogP contribution in [0.4, 0.5) is 5.69 Å². The van der Waals surface area contributed by atoms with E-state index in [1.54, 1.807) is 48.5 Å². The Labute approximate surface area is 160 Å². The predicted octanol–water partition coefficient (Wildman–Crippen LogP) is 3.74. The highest BCUT2D eigenvalue weighted by atomic mass is 35.5. The van der Waals surface area contributed by atoms with E-state index in [-0.39, 0.29) is 10.8 Å². The number of anilines is 1. The maximum Gasteiger partial charge on any atom is 0.256 e. The molecule has 0 radical (unpaired) electrons. The lowest BCUT2D eigenvalue weighted by atomic mass is 10.1. The lowest BCUT2D eigenvalue weighted by molar-refractivity contribution is -0.110. The van der Waals surface area contributed by atoms with Crippen LogP contribution in [0.1, 0.15) is 11.3 Å². The van der Waals surface area contributed by atoms with Crippen LogP contribution >= 0.6 is 11.6 Å². The number of amides is 1. The van der Waals surface area contributed by atoms with E-state index in [1.165, 1.54) is 12.1 Å². The van der Waals surface area contributed by atoms with Gasteiger partial charge in [0, 0.05) is 21.8 Å². The van der Waals surface area contributed by atoms with Crippen LogP contribution in [0.5, 0.6) is 0 Å². The summed E-state index contributed by atoms with van der Waals surface area (Å²) < 4.78 is 28.4. The molecule has 1 amide bonds. The molecule has 27 heavy (non-hydrogen) atoms. The molecule has 0 saturated heterocycles. The molecular formula is C19H13ClN2O4S. The summed E-state index contributed by atoms with van der Waals surface area (Å²) in [5.41, 5.74) is 2.55. The Hall–Kier alpha value is -2.87. The summed E-state index contributed by atoms with van der Waals surface area (Å²) >= 11 is 6.03. The van der Waals surface area contributed by atoms with E-state index in [0.29, 0.717) is 38.9 Å². The number of halogens is 1. The third-order valence-corrected chi connectivity index (χ3v) is 5.31. The van der Waals surface area contributed by atoms with E-state index in [9.17, 15) is 13.2 Å². The average Bonchev–Trinajstić information content (AvgIpc) is 3.20. The summed E-state index contributed by atoms with van der Waals surface area (Å²) in [6.45, 7) is 0. The zero-order valence-electron chi connectivity index (χ0n) is 13.8. The Balaban J connectivity index is 1.67. The van der Waals surface area contributed by atoms with Crippen LogP contribution in [-0.2, 0) is 14.8 Å². The van der Waals surface area contributed by atoms with E-state index in [1.807, 2.05) is 0 Å². The minimum Gasteiger partial charge on any atom is -0.457 e. The number of carbonyl (C=O) groups is 1. The third kappa shape index (κ3) is 3.40. The highest BCUT2D eigenvalue weighted by Gasteiger charge is 2.24. The summed E-state index contributed by atoms with van der Waals surface area (Å²) in [5, 5.41) is 8.41. The molecule has 0 unspecified atom stereocenters. The molecule has 0 fully saturated rings. The molecule has 1 aliphatic heterocycles. The first-order valence-corrected chi connectivity index (χ1v) is 9.80. The number of hydrogen-bond acceptors (Lipinski definition) is 4. The molecule has 3 aromatic rings. The monoisotopic (exact) mass is 400 g/mol. The molecule has 8 heteroatoms. The molecule has 2 heterocycles. The number of benzene rings is 2. The SMILES string of the molecule is NS(=O)(=O)c1ccc(-c2ccc(/C=C3/C(=O)Nc4ccc(Cl)cc43)o2)cc1. The van der Waals surface area contributed by atoms with Crippen LogP contribution in [0.2, 0.25) is 5.02 Å². The van der Waals surface area contributed by atoms with Crippen molar-refractivity contribution in [2.75, 3.05) is 5.32 Å². The Morgan fingerprint density at radius 1 is 1.04 bits per heavy atom. The van der Waals surface area contributed by atoms with Gasteiger partial charge >= 0.3 is 0 Å². The number of rotatable bonds is 3. The van der Waals surface area contributed by atoms with Crippen molar-refractivity contribution in [2.45, 2.75) is 4.90 Å². The van der Waals surface area contributed by atoms with E-state index in [2.05, 4.69) is 5.32 Å². The highest BCUT2D eigenvalue weighted by molar-refractivity contribution is 7.89.